The van der Waals surface area contributed by atoms with Gasteiger partial charge >= 0.3 is 12.1 Å². The molecule has 208 valence electrons. The molecule has 9 heteroatoms. The van der Waals surface area contributed by atoms with E-state index in [9.17, 15) is 14.0 Å². The molecule has 5 rings (SSSR count). The van der Waals surface area contributed by atoms with E-state index in [0.717, 1.165) is 60.1 Å². The smallest absolute Gasteiger partial charge is 0.409 e. The van der Waals surface area contributed by atoms with Gasteiger partial charge in [-0.2, -0.15) is 0 Å². The average molecular weight is 538 g/mol. The second-order valence-electron chi connectivity index (χ2n) is 10.5. The number of aromatic nitrogens is 2. The van der Waals surface area contributed by atoms with Gasteiger partial charge in [-0.15, -0.1) is 0 Å². The third-order valence-electron chi connectivity index (χ3n) is 8.29. The van der Waals surface area contributed by atoms with E-state index in [1.165, 1.54) is 33.8 Å². The number of esters is 1. The number of nitrogens with zero attached hydrogens (tertiary/aromatic N) is 3. The molecule has 3 aromatic rings. The highest BCUT2D eigenvalue weighted by molar-refractivity contribution is 5.84. The SMILES string of the molecule is COC(=O)C(Cn1c(C2CCCCC2)nc2c3c(ccc21)CCN(C(=O)OC)C3)c1cc(F)c(C)cc1OC. The number of rotatable bonds is 6. The monoisotopic (exact) mass is 537 g/mol. The lowest BCUT2D eigenvalue weighted by molar-refractivity contribution is -0.142. The molecule has 1 atom stereocenters. The summed E-state index contributed by atoms with van der Waals surface area (Å²) in [6.45, 7) is 2.90. The summed E-state index contributed by atoms with van der Waals surface area (Å²) in [5.74, 6) is -0.0605. The largest absolute Gasteiger partial charge is 0.496 e. The van der Waals surface area contributed by atoms with Crippen molar-refractivity contribution in [2.24, 2.45) is 0 Å². The van der Waals surface area contributed by atoms with Gasteiger partial charge in [-0.05, 0) is 55.5 Å². The third-order valence-corrected chi connectivity index (χ3v) is 8.29. The number of hydrogen-bond acceptors (Lipinski definition) is 6. The van der Waals surface area contributed by atoms with Crippen molar-refractivity contribution < 1.29 is 28.2 Å². The van der Waals surface area contributed by atoms with E-state index in [1.807, 2.05) is 0 Å². The van der Waals surface area contributed by atoms with Crippen LogP contribution in [0.2, 0.25) is 0 Å². The van der Waals surface area contributed by atoms with Crippen LogP contribution in [0.15, 0.2) is 24.3 Å². The summed E-state index contributed by atoms with van der Waals surface area (Å²) in [6, 6.07) is 7.15. The van der Waals surface area contributed by atoms with Crippen LogP contribution in [0.25, 0.3) is 11.0 Å². The van der Waals surface area contributed by atoms with Crippen LogP contribution in [0.5, 0.6) is 5.75 Å². The highest BCUT2D eigenvalue weighted by Gasteiger charge is 2.32. The van der Waals surface area contributed by atoms with Crippen molar-refractivity contribution in [3.05, 3.63) is 58.2 Å². The van der Waals surface area contributed by atoms with Crippen molar-refractivity contribution in [3.63, 3.8) is 0 Å². The van der Waals surface area contributed by atoms with Gasteiger partial charge in [0.15, 0.2) is 0 Å². The van der Waals surface area contributed by atoms with Gasteiger partial charge in [0.05, 0.1) is 38.9 Å². The second-order valence-corrected chi connectivity index (χ2v) is 10.5. The Bertz CT molecular complexity index is 1400. The molecular weight excluding hydrogens is 501 g/mol. The number of fused-ring (bicyclic) bond motifs is 3. The zero-order valence-corrected chi connectivity index (χ0v) is 23.1. The number of benzene rings is 2. The predicted octanol–water partition coefficient (Wildman–Crippen LogP) is 5.62. The lowest BCUT2D eigenvalue weighted by atomic mass is 9.88. The summed E-state index contributed by atoms with van der Waals surface area (Å²) in [5.41, 5.74) is 4.78. The molecule has 1 unspecified atom stereocenters. The number of hydrogen-bond donors (Lipinski definition) is 0. The van der Waals surface area contributed by atoms with E-state index in [-0.39, 0.29) is 18.6 Å². The summed E-state index contributed by atoms with van der Waals surface area (Å²) in [6.07, 6.45) is 5.85. The van der Waals surface area contributed by atoms with Crippen LogP contribution >= 0.6 is 0 Å². The van der Waals surface area contributed by atoms with Gasteiger partial charge in [-0.25, -0.2) is 14.2 Å². The minimum Gasteiger partial charge on any atom is -0.496 e. The molecular formula is C30H36FN3O5. The van der Waals surface area contributed by atoms with Gasteiger partial charge in [0.2, 0.25) is 0 Å². The molecule has 0 N–H and O–H groups in total. The summed E-state index contributed by atoms with van der Waals surface area (Å²) in [7, 11) is 4.26. The minimum absolute atomic E-state index is 0.230. The molecule has 0 spiro atoms. The minimum atomic E-state index is -0.803. The highest BCUT2D eigenvalue weighted by atomic mass is 19.1. The summed E-state index contributed by atoms with van der Waals surface area (Å²) in [5, 5.41) is 0. The first-order valence-electron chi connectivity index (χ1n) is 13.6. The zero-order chi connectivity index (χ0) is 27.7. The molecule has 2 aliphatic rings. The van der Waals surface area contributed by atoms with E-state index in [4.69, 9.17) is 19.2 Å². The Labute approximate surface area is 228 Å². The first-order valence-corrected chi connectivity index (χ1v) is 13.6. The molecule has 1 saturated carbocycles. The maximum atomic E-state index is 14.8. The fraction of sp³-hybridized carbons (Fsp3) is 0.500. The van der Waals surface area contributed by atoms with Gasteiger partial charge in [-0.1, -0.05) is 25.3 Å². The first kappa shape index (κ1) is 27.0. The molecule has 0 bridgehead atoms. The fourth-order valence-corrected chi connectivity index (χ4v) is 6.14. The van der Waals surface area contributed by atoms with Crippen molar-refractivity contribution in [1.29, 1.82) is 0 Å². The van der Waals surface area contributed by atoms with E-state index < -0.39 is 17.7 Å². The van der Waals surface area contributed by atoms with Crippen LogP contribution in [-0.4, -0.2) is 54.4 Å². The lowest BCUT2D eigenvalue weighted by Crippen LogP contribution is -2.35. The molecule has 1 fully saturated rings. The number of carbonyl (C=O) groups excluding carboxylic acids is 2. The normalized spacial score (nSPS) is 16.6. The molecule has 1 aromatic heterocycles. The van der Waals surface area contributed by atoms with E-state index in [2.05, 4.69) is 16.7 Å². The number of ether oxygens (including phenoxy) is 3. The summed E-state index contributed by atoms with van der Waals surface area (Å²) < 4.78 is 32.7. The van der Waals surface area contributed by atoms with Crippen LogP contribution in [0.3, 0.4) is 0 Å². The Morgan fingerprint density at radius 1 is 1.10 bits per heavy atom. The molecule has 8 nitrogen and oxygen atoms in total. The Morgan fingerprint density at radius 3 is 2.56 bits per heavy atom. The van der Waals surface area contributed by atoms with E-state index in [0.29, 0.717) is 30.0 Å². The van der Waals surface area contributed by atoms with Crippen molar-refractivity contribution in [2.45, 2.75) is 70.4 Å². The maximum absolute atomic E-state index is 14.8. The van der Waals surface area contributed by atoms with Gasteiger partial charge < -0.3 is 23.7 Å². The standard InChI is InChI=1S/C30H36FN3O5/c1-18-14-26(37-2)21(15-24(18)31)23(29(35)38-3)17-34-25-11-10-19-12-13-33(30(36)39-4)16-22(19)27(25)32-28(34)20-8-6-5-7-9-20/h10-11,14-15,20,23H,5-9,12-13,16-17H2,1-4H3. The van der Waals surface area contributed by atoms with Crippen LogP contribution in [0, 0.1) is 12.7 Å². The molecule has 0 radical (unpaired) electrons. The third kappa shape index (κ3) is 5.06. The molecule has 1 aliphatic heterocycles. The predicted molar refractivity (Wildman–Crippen MR) is 145 cm³/mol. The topological polar surface area (TPSA) is 82.9 Å². The molecule has 39 heavy (non-hydrogen) atoms. The molecule has 1 aliphatic carbocycles. The van der Waals surface area contributed by atoms with Crippen molar-refractivity contribution in [3.8, 4) is 5.75 Å². The van der Waals surface area contributed by atoms with Crippen molar-refractivity contribution in [1.82, 2.24) is 14.5 Å². The van der Waals surface area contributed by atoms with Crippen LogP contribution in [-0.2, 0) is 33.8 Å². The average Bonchev–Trinajstić information content (AvgIpc) is 3.35. The zero-order valence-electron chi connectivity index (χ0n) is 23.1. The summed E-state index contributed by atoms with van der Waals surface area (Å²) in [4.78, 5) is 32.5. The molecule has 2 heterocycles. The van der Waals surface area contributed by atoms with Crippen LogP contribution in [0.1, 0.15) is 72.0 Å². The summed E-state index contributed by atoms with van der Waals surface area (Å²) >= 11 is 0. The van der Waals surface area contributed by atoms with Gasteiger partial charge in [0.1, 0.15) is 23.3 Å². The first-order chi connectivity index (χ1) is 18.9. The van der Waals surface area contributed by atoms with Gasteiger partial charge in [0, 0.05) is 30.1 Å². The highest BCUT2D eigenvalue weighted by Crippen LogP contribution is 2.39. The Balaban J connectivity index is 1.66. The van der Waals surface area contributed by atoms with E-state index in [1.54, 1.807) is 17.9 Å². The fourth-order valence-electron chi connectivity index (χ4n) is 6.14. The number of imidazole rings is 1. The lowest BCUT2D eigenvalue weighted by Gasteiger charge is -2.28. The Hall–Kier alpha value is -3.62. The molecule has 2 aromatic carbocycles. The molecule has 0 saturated heterocycles. The van der Waals surface area contributed by atoms with Crippen molar-refractivity contribution >= 4 is 23.1 Å². The number of amides is 1. The molecule has 1 amide bonds. The number of aryl methyl sites for hydroxylation is 1. The van der Waals surface area contributed by atoms with E-state index >= 15 is 0 Å². The van der Waals surface area contributed by atoms with Crippen LogP contribution < -0.4 is 4.74 Å². The van der Waals surface area contributed by atoms with Gasteiger partial charge in [0.25, 0.3) is 0 Å². The van der Waals surface area contributed by atoms with Gasteiger partial charge in [-0.3, -0.25) is 4.79 Å². The maximum Gasteiger partial charge on any atom is 0.409 e. The van der Waals surface area contributed by atoms with Crippen molar-refractivity contribution in [2.75, 3.05) is 27.9 Å². The number of methoxy groups -OCH3 is 3. The number of carbonyl (C=O) groups is 2. The Morgan fingerprint density at radius 2 is 1.87 bits per heavy atom. The van der Waals surface area contributed by atoms with Crippen LogP contribution in [0.4, 0.5) is 9.18 Å². The Kier molecular flexibility index (Phi) is 7.77. The number of halogens is 1. The quantitative estimate of drug-likeness (QED) is 0.380. The second kappa shape index (κ2) is 11.2.